The minimum atomic E-state index is -3.58. The number of nitrogens with one attached hydrogen (secondary N) is 1. The number of halogens is 1. The third kappa shape index (κ3) is 5.08. The van der Waals surface area contributed by atoms with Crippen LogP contribution in [0.2, 0.25) is 0 Å². The second-order valence-electron chi connectivity index (χ2n) is 8.76. The molecule has 2 aromatic rings. The smallest absolute Gasteiger partial charge is 0.243 e. The van der Waals surface area contributed by atoms with Crippen LogP contribution in [0, 0.1) is 11.7 Å². The molecule has 1 fully saturated rings. The van der Waals surface area contributed by atoms with Crippen LogP contribution in [-0.2, 0) is 26.8 Å². The van der Waals surface area contributed by atoms with Gasteiger partial charge in [0.2, 0.25) is 15.9 Å². The number of rotatable bonds is 5. The van der Waals surface area contributed by atoms with Gasteiger partial charge in [-0.15, -0.1) is 0 Å². The zero-order chi connectivity index (χ0) is 21.9. The molecule has 1 amide bonds. The van der Waals surface area contributed by atoms with Crippen molar-refractivity contribution >= 4 is 15.9 Å². The number of nitrogens with zero attached hydrogens (tertiary/aromatic N) is 1. The van der Waals surface area contributed by atoms with E-state index in [2.05, 4.69) is 26.1 Å². The standard InChI is InChI=1S/C23H29FN2O3S/c1-23(2,3)19-8-10-20(11-9-19)30(28,29)26-14-12-17(13-15-26)22(27)25-16-18-6-4-5-7-21(18)24/h4-11,17H,12-16H2,1-3H3,(H,25,27). The Balaban J connectivity index is 1.57. The topological polar surface area (TPSA) is 66.5 Å². The van der Waals surface area contributed by atoms with Crippen LogP contribution in [0.1, 0.15) is 44.7 Å². The Morgan fingerprint density at radius 3 is 2.23 bits per heavy atom. The molecule has 1 aliphatic rings. The molecule has 1 aliphatic heterocycles. The van der Waals surface area contributed by atoms with E-state index >= 15 is 0 Å². The van der Waals surface area contributed by atoms with Gasteiger partial charge in [-0.3, -0.25) is 4.79 Å². The fourth-order valence-corrected chi connectivity index (χ4v) is 5.07. The number of piperidine rings is 1. The van der Waals surface area contributed by atoms with Gasteiger partial charge >= 0.3 is 0 Å². The molecule has 0 bridgehead atoms. The van der Waals surface area contributed by atoms with Crippen molar-refractivity contribution in [3.8, 4) is 0 Å². The first-order valence-electron chi connectivity index (χ1n) is 10.2. The molecule has 0 spiro atoms. The molecular weight excluding hydrogens is 403 g/mol. The van der Waals surface area contributed by atoms with E-state index in [4.69, 9.17) is 0 Å². The van der Waals surface area contributed by atoms with E-state index in [1.54, 1.807) is 30.3 Å². The van der Waals surface area contributed by atoms with Crippen molar-refractivity contribution in [1.29, 1.82) is 0 Å². The number of amides is 1. The molecule has 0 atom stereocenters. The van der Waals surface area contributed by atoms with Crippen molar-refractivity contribution in [2.45, 2.75) is 50.5 Å². The average molecular weight is 433 g/mol. The molecule has 0 radical (unpaired) electrons. The highest BCUT2D eigenvalue weighted by molar-refractivity contribution is 7.89. The highest BCUT2D eigenvalue weighted by atomic mass is 32.2. The van der Waals surface area contributed by atoms with Crippen molar-refractivity contribution in [2.75, 3.05) is 13.1 Å². The van der Waals surface area contributed by atoms with Crippen LogP contribution >= 0.6 is 0 Å². The molecule has 30 heavy (non-hydrogen) atoms. The molecule has 0 aromatic heterocycles. The Kier molecular flexibility index (Phi) is 6.62. The Morgan fingerprint density at radius 1 is 1.07 bits per heavy atom. The summed E-state index contributed by atoms with van der Waals surface area (Å²) in [5, 5.41) is 2.77. The lowest BCUT2D eigenvalue weighted by molar-refractivity contribution is -0.126. The molecule has 0 saturated carbocycles. The quantitative estimate of drug-likeness (QED) is 0.781. The normalized spacial score (nSPS) is 16.4. The summed E-state index contributed by atoms with van der Waals surface area (Å²) in [6.07, 6.45) is 0.894. The highest BCUT2D eigenvalue weighted by Gasteiger charge is 2.32. The summed E-state index contributed by atoms with van der Waals surface area (Å²) in [5.41, 5.74) is 1.47. The maximum Gasteiger partial charge on any atom is 0.243 e. The summed E-state index contributed by atoms with van der Waals surface area (Å²) >= 11 is 0. The molecule has 3 rings (SSSR count). The lowest BCUT2D eigenvalue weighted by atomic mass is 9.87. The molecule has 7 heteroatoms. The molecule has 0 aliphatic carbocycles. The fourth-order valence-electron chi connectivity index (χ4n) is 3.60. The van der Waals surface area contributed by atoms with Gasteiger partial charge in [-0.05, 0) is 42.0 Å². The van der Waals surface area contributed by atoms with Crippen molar-refractivity contribution in [2.24, 2.45) is 5.92 Å². The third-order valence-corrected chi connectivity index (χ3v) is 7.51. The van der Waals surface area contributed by atoms with Crippen LogP contribution in [0.15, 0.2) is 53.4 Å². The maximum atomic E-state index is 13.7. The number of carbonyl (C=O) groups excluding carboxylic acids is 1. The first kappa shape index (κ1) is 22.4. The van der Waals surface area contributed by atoms with Gasteiger partial charge in [0.25, 0.3) is 0 Å². The molecule has 1 N–H and O–H groups in total. The van der Waals surface area contributed by atoms with Crippen LogP contribution in [0.3, 0.4) is 0 Å². The maximum absolute atomic E-state index is 13.7. The van der Waals surface area contributed by atoms with Gasteiger partial charge in [-0.1, -0.05) is 51.1 Å². The largest absolute Gasteiger partial charge is 0.352 e. The number of hydrogen-bond donors (Lipinski definition) is 1. The summed E-state index contributed by atoms with van der Waals surface area (Å²) < 4.78 is 41.0. The molecule has 1 saturated heterocycles. The van der Waals surface area contributed by atoms with Crippen molar-refractivity contribution < 1.29 is 17.6 Å². The van der Waals surface area contributed by atoms with Crippen LogP contribution in [0.4, 0.5) is 4.39 Å². The van der Waals surface area contributed by atoms with Gasteiger partial charge < -0.3 is 5.32 Å². The van der Waals surface area contributed by atoms with Crippen LogP contribution in [0.25, 0.3) is 0 Å². The van der Waals surface area contributed by atoms with E-state index in [0.717, 1.165) is 5.56 Å². The van der Waals surface area contributed by atoms with Crippen LogP contribution in [-0.4, -0.2) is 31.7 Å². The molecule has 162 valence electrons. The van der Waals surface area contributed by atoms with Gasteiger partial charge in [0, 0.05) is 31.1 Å². The first-order valence-corrected chi connectivity index (χ1v) is 11.6. The fraction of sp³-hybridized carbons (Fsp3) is 0.435. The van der Waals surface area contributed by atoms with Crippen molar-refractivity contribution in [3.63, 3.8) is 0 Å². The minimum absolute atomic E-state index is 0.0450. The first-order chi connectivity index (χ1) is 14.1. The zero-order valence-corrected chi connectivity index (χ0v) is 18.5. The van der Waals surface area contributed by atoms with Crippen molar-refractivity contribution in [1.82, 2.24) is 9.62 Å². The van der Waals surface area contributed by atoms with E-state index in [1.807, 2.05) is 12.1 Å². The zero-order valence-electron chi connectivity index (χ0n) is 17.7. The second kappa shape index (κ2) is 8.86. The van der Waals surface area contributed by atoms with Crippen LogP contribution in [0.5, 0.6) is 0 Å². The van der Waals surface area contributed by atoms with E-state index in [-0.39, 0.29) is 34.5 Å². The van der Waals surface area contributed by atoms with E-state index in [1.165, 1.54) is 10.4 Å². The van der Waals surface area contributed by atoms with Gasteiger partial charge in [0.15, 0.2) is 0 Å². The van der Waals surface area contributed by atoms with Gasteiger partial charge in [0.1, 0.15) is 5.82 Å². The number of benzene rings is 2. The summed E-state index contributed by atoms with van der Waals surface area (Å²) in [6.45, 7) is 6.96. The Bertz CT molecular complexity index is 990. The van der Waals surface area contributed by atoms with Crippen molar-refractivity contribution in [3.05, 3.63) is 65.5 Å². The molecule has 1 heterocycles. The summed E-state index contributed by atoms with van der Waals surface area (Å²) in [5.74, 6) is -0.785. The van der Waals surface area contributed by atoms with Crippen LogP contribution < -0.4 is 5.32 Å². The molecule has 2 aromatic carbocycles. The lowest BCUT2D eigenvalue weighted by Gasteiger charge is -2.30. The van der Waals surface area contributed by atoms with Gasteiger partial charge in [-0.2, -0.15) is 4.31 Å². The predicted molar refractivity (Wildman–Crippen MR) is 115 cm³/mol. The Morgan fingerprint density at radius 2 is 1.67 bits per heavy atom. The number of hydrogen-bond acceptors (Lipinski definition) is 3. The van der Waals surface area contributed by atoms with E-state index in [0.29, 0.717) is 31.5 Å². The number of carbonyl (C=O) groups is 1. The van der Waals surface area contributed by atoms with E-state index < -0.39 is 10.0 Å². The molecule has 0 unspecified atom stereocenters. The summed E-state index contributed by atoms with van der Waals surface area (Å²) in [6, 6.07) is 13.3. The van der Waals surface area contributed by atoms with E-state index in [9.17, 15) is 17.6 Å². The van der Waals surface area contributed by atoms with Gasteiger partial charge in [-0.25, -0.2) is 12.8 Å². The van der Waals surface area contributed by atoms with Gasteiger partial charge in [0.05, 0.1) is 4.90 Å². The minimum Gasteiger partial charge on any atom is -0.352 e. The SMILES string of the molecule is CC(C)(C)c1ccc(S(=O)(=O)N2CCC(C(=O)NCc3ccccc3F)CC2)cc1. The Labute approximate surface area is 178 Å². The Hall–Kier alpha value is -2.25. The third-order valence-electron chi connectivity index (χ3n) is 5.59. The molecule has 5 nitrogen and oxygen atoms in total. The highest BCUT2D eigenvalue weighted by Crippen LogP contribution is 2.27. The average Bonchev–Trinajstić information content (AvgIpc) is 2.72. The lowest BCUT2D eigenvalue weighted by Crippen LogP contribution is -2.42. The summed E-state index contributed by atoms with van der Waals surface area (Å²) in [7, 11) is -3.58. The monoisotopic (exact) mass is 432 g/mol. The second-order valence-corrected chi connectivity index (χ2v) is 10.7. The molecular formula is C23H29FN2O3S. The number of sulfonamides is 1. The summed E-state index contributed by atoms with van der Waals surface area (Å²) in [4.78, 5) is 12.7. The predicted octanol–water partition coefficient (Wildman–Crippen LogP) is 3.84.